The van der Waals surface area contributed by atoms with Crippen molar-refractivity contribution in [3.63, 3.8) is 0 Å². The van der Waals surface area contributed by atoms with Crippen molar-refractivity contribution in [3.8, 4) is 6.07 Å². The third-order valence-electron chi connectivity index (χ3n) is 4.90. The predicted molar refractivity (Wildman–Crippen MR) is 107 cm³/mol. The lowest BCUT2D eigenvalue weighted by Gasteiger charge is -2.37. The molecule has 138 valence electrons. The number of allylic oxidation sites excluding steroid dienone is 1. The first-order chi connectivity index (χ1) is 12.9. The Kier molecular flexibility index (Phi) is 5.02. The Morgan fingerprint density at radius 3 is 2.52 bits per heavy atom. The number of methoxy groups -OCH3 is 1. The molecule has 3 rings (SSSR count). The number of ether oxygens (including phenoxy) is 1. The number of thiocarbonyl (C=S) groups is 1. The molecule has 1 aliphatic rings. The summed E-state index contributed by atoms with van der Waals surface area (Å²) in [7, 11) is 3.18. The van der Waals surface area contributed by atoms with Crippen LogP contribution in [0.3, 0.4) is 0 Å². The van der Waals surface area contributed by atoms with Gasteiger partial charge in [-0.2, -0.15) is 5.26 Å². The molecule has 1 atom stereocenters. The summed E-state index contributed by atoms with van der Waals surface area (Å²) in [5.41, 5.74) is 4.24. The lowest BCUT2D eigenvalue weighted by atomic mass is 9.94. The van der Waals surface area contributed by atoms with E-state index in [-0.39, 0.29) is 0 Å². The number of para-hydroxylation sites is 1. The first-order valence-corrected chi connectivity index (χ1v) is 8.82. The molecule has 0 bridgehead atoms. The molecule has 0 radical (unpaired) electrons. The van der Waals surface area contributed by atoms with Crippen LogP contribution in [0, 0.1) is 18.3 Å². The number of carbonyl (C=O) groups excluding carboxylic acids is 1. The van der Waals surface area contributed by atoms with Crippen molar-refractivity contribution in [1.29, 1.82) is 5.26 Å². The second kappa shape index (κ2) is 7.25. The van der Waals surface area contributed by atoms with Crippen molar-refractivity contribution in [2.75, 3.05) is 12.0 Å². The number of hydrogen-bond donors (Lipinski definition) is 1. The molecule has 0 spiro atoms. The van der Waals surface area contributed by atoms with E-state index < -0.39 is 12.0 Å². The van der Waals surface area contributed by atoms with Crippen LogP contribution in [0.15, 0.2) is 47.7 Å². The highest BCUT2D eigenvalue weighted by molar-refractivity contribution is 7.80. The van der Waals surface area contributed by atoms with Gasteiger partial charge in [-0.1, -0.05) is 18.2 Å². The molecule has 27 heavy (non-hydrogen) atoms. The van der Waals surface area contributed by atoms with Crippen LogP contribution in [-0.2, 0) is 16.6 Å². The van der Waals surface area contributed by atoms with Gasteiger partial charge >= 0.3 is 5.97 Å². The Bertz CT molecular complexity index is 985. The Morgan fingerprint density at radius 1 is 1.30 bits per heavy atom. The molecule has 1 N–H and O–H groups in total. The fourth-order valence-electron chi connectivity index (χ4n) is 3.36. The van der Waals surface area contributed by atoms with E-state index in [4.69, 9.17) is 17.0 Å². The maximum atomic E-state index is 12.7. The molecular weight excluding hydrogens is 360 g/mol. The molecule has 0 aliphatic carbocycles. The molecule has 1 aromatic heterocycles. The zero-order chi connectivity index (χ0) is 19.7. The third-order valence-corrected chi connectivity index (χ3v) is 5.20. The highest BCUT2D eigenvalue weighted by Crippen LogP contribution is 2.36. The molecule has 0 saturated heterocycles. The van der Waals surface area contributed by atoms with Crippen LogP contribution in [0.25, 0.3) is 0 Å². The summed E-state index contributed by atoms with van der Waals surface area (Å²) in [4.78, 5) is 14.5. The Balaban J connectivity index is 2.19. The fourth-order valence-corrected chi connectivity index (χ4v) is 3.72. The van der Waals surface area contributed by atoms with Crippen molar-refractivity contribution in [1.82, 2.24) is 9.88 Å². The Hall–Kier alpha value is -3.11. The van der Waals surface area contributed by atoms with E-state index in [0.29, 0.717) is 22.1 Å². The van der Waals surface area contributed by atoms with Crippen molar-refractivity contribution >= 4 is 29.0 Å². The SMILES string of the molecule is COC(=O)C1=C(C)N(c2ccccc2)C(=S)N[C@H]1c1cc(C#N)n(C)c1C. The molecule has 1 aromatic carbocycles. The average molecular weight is 380 g/mol. The number of nitrogens with zero attached hydrogens (tertiary/aromatic N) is 3. The third kappa shape index (κ3) is 3.09. The van der Waals surface area contributed by atoms with Crippen molar-refractivity contribution < 1.29 is 9.53 Å². The summed E-state index contributed by atoms with van der Waals surface area (Å²) in [6.07, 6.45) is 0. The van der Waals surface area contributed by atoms with Crippen molar-refractivity contribution in [3.05, 3.63) is 64.6 Å². The molecule has 6 nitrogen and oxygen atoms in total. The lowest BCUT2D eigenvalue weighted by molar-refractivity contribution is -0.136. The van der Waals surface area contributed by atoms with Gasteiger partial charge in [0, 0.05) is 29.7 Å². The summed E-state index contributed by atoms with van der Waals surface area (Å²) in [5, 5.41) is 13.1. The van der Waals surface area contributed by atoms with Crippen LogP contribution in [0.5, 0.6) is 0 Å². The number of aromatic nitrogens is 1. The number of nitriles is 1. The highest BCUT2D eigenvalue weighted by atomic mass is 32.1. The first kappa shape index (κ1) is 18.7. The van der Waals surface area contributed by atoms with Crippen LogP contribution in [0.1, 0.15) is 29.9 Å². The van der Waals surface area contributed by atoms with Gasteiger partial charge < -0.3 is 14.6 Å². The van der Waals surface area contributed by atoms with Gasteiger partial charge in [-0.25, -0.2) is 4.79 Å². The zero-order valence-electron chi connectivity index (χ0n) is 15.6. The van der Waals surface area contributed by atoms with Crippen molar-refractivity contribution in [2.45, 2.75) is 19.9 Å². The Morgan fingerprint density at radius 2 is 1.96 bits per heavy atom. The normalized spacial score (nSPS) is 16.8. The smallest absolute Gasteiger partial charge is 0.337 e. The quantitative estimate of drug-likeness (QED) is 0.652. The van der Waals surface area contributed by atoms with Gasteiger partial charge in [0.2, 0.25) is 0 Å². The summed E-state index contributed by atoms with van der Waals surface area (Å²) < 4.78 is 6.86. The van der Waals surface area contributed by atoms with Crippen molar-refractivity contribution in [2.24, 2.45) is 7.05 Å². The number of esters is 1. The van der Waals surface area contributed by atoms with Crippen LogP contribution < -0.4 is 10.2 Å². The van der Waals surface area contributed by atoms with Crippen LogP contribution in [0.4, 0.5) is 5.69 Å². The van der Waals surface area contributed by atoms with E-state index in [1.807, 2.05) is 56.1 Å². The van der Waals surface area contributed by atoms with E-state index in [1.54, 1.807) is 10.6 Å². The monoisotopic (exact) mass is 380 g/mol. The number of anilines is 1. The largest absolute Gasteiger partial charge is 0.466 e. The minimum absolute atomic E-state index is 0.435. The molecule has 0 amide bonds. The van der Waals surface area contributed by atoms with E-state index in [2.05, 4.69) is 11.4 Å². The maximum Gasteiger partial charge on any atom is 0.337 e. The molecule has 0 unspecified atom stereocenters. The molecule has 2 heterocycles. The first-order valence-electron chi connectivity index (χ1n) is 8.41. The number of carbonyl (C=O) groups is 1. The lowest BCUT2D eigenvalue weighted by Crippen LogP contribution is -2.48. The second-order valence-corrected chi connectivity index (χ2v) is 6.67. The van der Waals surface area contributed by atoms with Gasteiger partial charge in [0.05, 0.1) is 18.7 Å². The van der Waals surface area contributed by atoms with Crippen LogP contribution in [-0.4, -0.2) is 22.8 Å². The van der Waals surface area contributed by atoms with Crippen LogP contribution in [0.2, 0.25) is 0 Å². The summed E-state index contributed by atoms with van der Waals surface area (Å²) in [5.74, 6) is -0.435. The number of hydrogen-bond acceptors (Lipinski definition) is 4. The minimum Gasteiger partial charge on any atom is -0.466 e. The maximum absolute atomic E-state index is 12.7. The number of rotatable bonds is 3. The predicted octanol–water partition coefficient (Wildman–Crippen LogP) is 3.09. The van der Waals surface area contributed by atoms with Gasteiger partial charge in [0.15, 0.2) is 5.11 Å². The number of benzene rings is 1. The van der Waals surface area contributed by atoms with Gasteiger partial charge in [-0.05, 0) is 44.3 Å². The van der Waals surface area contributed by atoms with E-state index in [9.17, 15) is 10.1 Å². The standard InChI is InChI=1S/C20H20N4O2S/c1-12-16(10-15(11-21)23(12)3)18-17(19(25)26-4)13(2)24(20(27)22-18)14-8-6-5-7-9-14/h5-10,18H,1-4H3,(H,22,27)/t18-/m0/s1. The minimum atomic E-state index is -0.488. The van der Waals surface area contributed by atoms with Gasteiger partial charge in [0.1, 0.15) is 11.8 Å². The van der Waals surface area contributed by atoms with E-state index in [0.717, 1.165) is 16.9 Å². The Labute approximate surface area is 163 Å². The molecular formula is C20H20N4O2S. The van der Waals surface area contributed by atoms with Gasteiger partial charge in [-0.3, -0.25) is 4.90 Å². The van der Waals surface area contributed by atoms with E-state index >= 15 is 0 Å². The van der Waals surface area contributed by atoms with E-state index in [1.165, 1.54) is 7.11 Å². The average Bonchev–Trinajstić information content (AvgIpc) is 2.96. The molecule has 0 saturated carbocycles. The fraction of sp³-hybridized carbons (Fsp3) is 0.250. The summed E-state index contributed by atoms with van der Waals surface area (Å²) in [6, 6.07) is 13.1. The zero-order valence-corrected chi connectivity index (χ0v) is 16.4. The van der Waals surface area contributed by atoms with Gasteiger partial charge in [0.25, 0.3) is 0 Å². The molecule has 1 aliphatic heterocycles. The van der Waals surface area contributed by atoms with Crippen LogP contribution >= 0.6 is 12.2 Å². The topological polar surface area (TPSA) is 70.3 Å². The molecule has 7 heteroatoms. The second-order valence-electron chi connectivity index (χ2n) is 6.29. The number of nitrogens with one attached hydrogen (secondary N) is 1. The highest BCUT2D eigenvalue weighted by Gasteiger charge is 2.36. The summed E-state index contributed by atoms with van der Waals surface area (Å²) >= 11 is 5.61. The van der Waals surface area contributed by atoms with Gasteiger partial charge in [-0.15, -0.1) is 0 Å². The molecule has 0 fully saturated rings. The molecule has 2 aromatic rings. The summed E-state index contributed by atoms with van der Waals surface area (Å²) in [6.45, 7) is 3.76.